The van der Waals surface area contributed by atoms with E-state index in [0.29, 0.717) is 11.3 Å². The zero-order valence-electron chi connectivity index (χ0n) is 17.4. The number of amides is 2. The fourth-order valence-corrected chi connectivity index (χ4v) is 4.82. The number of nitrogens with one attached hydrogen (secondary N) is 1. The molecule has 3 aromatic rings. The lowest BCUT2D eigenvalue weighted by atomic mass is 9.85. The molecule has 1 heterocycles. The predicted octanol–water partition coefficient (Wildman–Crippen LogP) is 4.58. The Morgan fingerprint density at radius 2 is 2.10 bits per heavy atom. The van der Waals surface area contributed by atoms with Gasteiger partial charge >= 0.3 is 6.03 Å². The summed E-state index contributed by atoms with van der Waals surface area (Å²) in [7, 11) is 0. The van der Waals surface area contributed by atoms with Crippen molar-refractivity contribution in [2.75, 3.05) is 0 Å². The Morgan fingerprint density at radius 1 is 1.29 bits per heavy atom. The third-order valence-corrected chi connectivity index (χ3v) is 6.19. The van der Waals surface area contributed by atoms with Crippen LogP contribution in [0.1, 0.15) is 49.4 Å². The molecule has 2 aromatic carbocycles. The molecular weight excluding hydrogens is 410 g/mol. The molecule has 8 heteroatoms. The maximum Gasteiger partial charge on any atom is 0.312 e. The highest BCUT2D eigenvalue weighted by molar-refractivity contribution is 7.17. The van der Waals surface area contributed by atoms with E-state index in [2.05, 4.69) is 21.6 Å². The molecule has 0 unspecified atom stereocenters. The number of urea groups is 1. The first-order chi connectivity index (χ1) is 15.0. The maximum absolute atomic E-state index is 11.4. The van der Waals surface area contributed by atoms with Crippen LogP contribution in [0.5, 0.6) is 5.75 Å². The molecule has 4 rings (SSSR count). The van der Waals surface area contributed by atoms with E-state index in [1.807, 2.05) is 38.1 Å². The fraction of sp³-hybridized carbons (Fsp3) is 0.304. The van der Waals surface area contributed by atoms with Crippen molar-refractivity contribution in [3.63, 3.8) is 0 Å². The highest BCUT2D eigenvalue weighted by Crippen LogP contribution is 2.39. The number of nitrogens with two attached hydrogens (primary N) is 1. The Labute approximate surface area is 184 Å². The van der Waals surface area contributed by atoms with Crippen LogP contribution in [0.4, 0.5) is 4.79 Å². The third kappa shape index (κ3) is 4.37. The van der Waals surface area contributed by atoms with Gasteiger partial charge in [0.1, 0.15) is 21.8 Å². The number of fused-ring (bicyclic) bond motifs is 1. The van der Waals surface area contributed by atoms with Crippen molar-refractivity contribution < 1.29 is 9.53 Å². The average Bonchev–Trinajstić information content (AvgIpc) is 3.23. The monoisotopic (exact) mass is 433 g/mol. The molecular formula is C23H23N5O2S. The van der Waals surface area contributed by atoms with Crippen molar-refractivity contribution >= 4 is 17.4 Å². The van der Waals surface area contributed by atoms with Gasteiger partial charge < -0.3 is 15.8 Å². The standard InChI is InChI=1S/C23H23N5O2S/c1-13(2)30-20-10-9-14(11-15(20)12-24)21-27-28-22(31-21)18-7-3-6-17-16(18)5-4-8-19(17)26-23(25)29/h3,6-7,9-11,13,19H,4-5,8H2,1-2H3,(H3,25,26,29)/t19-/m1/s1. The topological polar surface area (TPSA) is 114 Å². The van der Waals surface area contributed by atoms with Crippen LogP contribution in [-0.4, -0.2) is 22.3 Å². The zero-order chi connectivity index (χ0) is 22.0. The van der Waals surface area contributed by atoms with Crippen LogP contribution in [-0.2, 0) is 6.42 Å². The van der Waals surface area contributed by atoms with Crippen LogP contribution in [0.25, 0.3) is 21.1 Å². The van der Waals surface area contributed by atoms with Crippen molar-refractivity contribution in [2.45, 2.75) is 45.3 Å². The van der Waals surface area contributed by atoms with Crippen LogP contribution in [0.3, 0.4) is 0 Å². The van der Waals surface area contributed by atoms with Gasteiger partial charge in [0, 0.05) is 11.1 Å². The summed E-state index contributed by atoms with van der Waals surface area (Å²) < 4.78 is 5.71. The lowest BCUT2D eigenvalue weighted by Gasteiger charge is -2.27. The van der Waals surface area contributed by atoms with Crippen LogP contribution in [0.15, 0.2) is 36.4 Å². The van der Waals surface area contributed by atoms with E-state index in [-0.39, 0.29) is 12.1 Å². The molecule has 0 radical (unpaired) electrons. The minimum absolute atomic E-state index is 0.0109. The number of carbonyl (C=O) groups is 1. The van der Waals surface area contributed by atoms with Gasteiger partial charge in [-0.3, -0.25) is 0 Å². The highest BCUT2D eigenvalue weighted by Gasteiger charge is 2.24. The van der Waals surface area contributed by atoms with Gasteiger partial charge in [0.2, 0.25) is 0 Å². The molecule has 1 aliphatic carbocycles. The van der Waals surface area contributed by atoms with Gasteiger partial charge in [-0.05, 0) is 62.4 Å². The number of hydrogen-bond acceptors (Lipinski definition) is 6. The molecule has 1 aromatic heterocycles. The van der Waals surface area contributed by atoms with Crippen molar-refractivity contribution in [1.29, 1.82) is 5.26 Å². The number of nitriles is 1. The predicted molar refractivity (Wildman–Crippen MR) is 120 cm³/mol. The Balaban J connectivity index is 1.68. The molecule has 2 amide bonds. The average molecular weight is 434 g/mol. The van der Waals surface area contributed by atoms with Crippen molar-refractivity contribution in [3.8, 4) is 33.0 Å². The van der Waals surface area contributed by atoms with Gasteiger partial charge in [0.05, 0.1) is 17.7 Å². The molecule has 0 saturated carbocycles. The number of nitrogens with zero attached hydrogens (tertiary/aromatic N) is 3. The molecule has 0 fully saturated rings. The second-order valence-corrected chi connectivity index (χ2v) is 8.71. The minimum Gasteiger partial charge on any atom is -0.490 e. The largest absolute Gasteiger partial charge is 0.490 e. The van der Waals surface area contributed by atoms with E-state index in [0.717, 1.165) is 46.0 Å². The van der Waals surface area contributed by atoms with Crippen molar-refractivity contribution in [2.24, 2.45) is 5.73 Å². The molecule has 1 aliphatic rings. The Bertz CT molecular complexity index is 1170. The summed E-state index contributed by atoms with van der Waals surface area (Å²) in [6.07, 6.45) is 2.73. The number of hydrogen-bond donors (Lipinski definition) is 2. The SMILES string of the molecule is CC(C)Oc1ccc(-c2nnc(-c3cccc4c3CCC[C@H]4NC(N)=O)s2)cc1C#N. The first-order valence-electron chi connectivity index (χ1n) is 10.2. The van der Waals surface area contributed by atoms with E-state index in [1.54, 1.807) is 12.1 Å². The van der Waals surface area contributed by atoms with Gasteiger partial charge in [-0.1, -0.05) is 29.5 Å². The summed E-state index contributed by atoms with van der Waals surface area (Å²) in [6, 6.07) is 13.1. The van der Waals surface area contributed by atoms with Crippen LogP contribution < -0.4 is 15.8 Å². The Kier molecular flexibility index (Phi) is 5.87. The smallest absolute Gasteiger partial charge is 0.312 e. The molecule has 0 saturated heterocycles. The Morgan fingerprint density at radius 3 is 2.84 bits per heavy atom. The molecule has 3 N–H and O–H groups in total. The number of aromatic nitrogens is 2. The highest BCUT2D eigenvalue weighted by atomic mass is 32.1. The number of primary amides is 1. The van der Waals surface area contributed by atoms with Gasteiger partial charge in [-0.2, -0.15) is 5.26 Å². The van der Waals surface area contributed by atoms with E-state index in [9.17, 15) is 10.1 Å². The van der Waals surface area contributed by atoms with E-state index in [1.165, 1.54) is 16.9 Å². The van der Waals surface area contributed by atoms with Crippen LogP contribution in [0.2, 0.25) is 0 Å². The van der Waals surface area contributed by atoms with Crippen molar-refractivity contribution in [1.82, 2.24) is 15.5 Å². The minimum atomic E-state index is -0.514. The number of rotatable bonds is 5. The molecule has 31 heavy (non-hydrogen) atoms. The molecule has 1 atom stereocenters. The van der Waals surface area contributed by atoms with E-state index < -0.39 is 6.03 Å². The summed E-state index contributed by atoms with van der Waals surface area (Å²) >= 11 is 1.48. The van der Waals surface area contributed by atoms with Gasteiger partial charge in [-0.25, -0.2) is 4.79 Å². The van der Waals surface area contributed by atoms with Gasteiger partial charge in [0.25, 0.3) is 0 Å². The van der Waals surface area contributed by atoms with E-state index >= 15 is 0 Å². The zero-order valence-corrected chi connectivity index (χ0v) is 18.2. The van der Waals surface area contributed by atoms with Crippen LogP contribution in [0, 0.1) is 11.3 Å². The summed E-state index contributed by atoms with van der Waals surface area (Å²) in [4.78, 5) is 11.4. The maximum atomic E-state index is 11.4. The fourth-order valence-electron chi connectivity index (χ4n) is 3.93. The van der Waals surface area contributed by atoms with E-state index in [4.69, 9.17) is 10.5 Å². The Hall–Kier alpha value is -3.44. The summed E-state index contributed by atoms with van der Waals surface area (Å²) in [6.45, 7) is 3.85. The van der Waals surface area contributed by atoms with Gasteiger partial charge in [0.15, 0.2) is 0 Å². The quantitative estimate of drug-likeness (QED) is 0.611. The number of benzene rings is 2. The first-order valence-corrected chi connectivity index (χ1v) is 11.0. The third-order valence-electron chi connectivity index (χ3n) is 5.19. The second-order valence-electron chi connectivity index (χ2n) is 7.73. The molecule has 0 bridgehead atoms. The normalized spacial score (nSPS) is 15.2. The van der Waals surface area contributed by atoms with Gasteiger partial charge in [-0.15, -0.1) is 10.2 Å². The second kappa shape index (κ2) is 8.74. The summed E-state index contributed by atoms with van der Waals surface area (Å²) in [5.41, 5.74) is 9.94. The summed E-state index contributed by atoms with van der Waals surface area (Å²) in [5, 5.41) is 22.7. The number of ether oxygens (including phenoxy) is 1. The lowest BCUT2D eigenvalue weighted by Crippen LogP contribution is -2.35. The molecule has 0 spiro atoms. The van der Waals surface area contributed by atoms with Crippen LogP contribution >= 0.6 is 11.3 Å². The molecule has 0 aliphatic heterocycles. The molecule has 7 nitrogen and oxygen atoms in total. The number of carbonyl (C=O) groups excluding carboxylic acids is 1. The van der Waals surface area contributed by atoms with Crippen molar-refractivity contribution in [3.05, 3.63) is 53.1 Å². The first kappa shape index (κ1) is 20.8. The summed E-state index contributed by atoms with van der Waals surface area (Å²) in [5.74, 6) is 0.566. The lowest BCUT2D eigenvalue weighted by molar-refractivity contribution is 0.241. The molecule has 158 valence electrons.